The topological polar surface area (TPSA) is 81.4 Å². The number of thiocyanates is 1. The lowest BCUT2D eigenvalue weighted by atomic mass is 9.98. The minimum Gasteiger partial charge on any atom is -0.480 e. The Morgan fingerprint density at radius 3 is 3.06 bits per heavy atom. The summed E-state index contributed by atoms with van der Waals surface area (Å²) in [4.78, 5) is 24.0. The zero-order valence-electron chi connectivity index (χ0n) is 8.54. The number of nitrogens with zero attached hydrogens (tertiary/aromatic N) is 2. The Labute approximate surface area is 101 Å². The summed E-state index contributed by atoms with van der Waals surface area (Å²) in [6.45, 7) is 1.81. The summed E-state index contributed by atoms with van der Waals surface area (Å²) >= 11 is 2.54. The second kappa shape index (κ2) is 3.86. The molecule has 0 aromatic heterocycles. The SMILES string of the molecule is C[C@@]1(CSC#N)S[C@H]2CC(=O)N2[C@H]1C(=O)O. The van der Waals surface area contributed by atoms with E-state index < -0.39 is 16.8 Å². The fourth-order valence-electron chi connectivity index (χ4n) is 2.15. The second-order valence-electron chi connectivity index (χ2n) is 4.01. The first-order valence-electron chi connectivity index (χ1n) is 4.72. The van der Waals surface area contributed by atoms with E-state index in [2.05, 4.69) is 0 Å². The summed E-state index contributed by atoms with van der Waals surface area (Å²) in [6, 6.07) is -0.801. The molecule has 1 amide bonds. The van der Waals surface area contributed by atoms with E-state index in [1.807, 2.05) is 12.3 Å². The number of carboxylic acids is 1. The van der Waals surface area contributed by atoms with Crippen LogP contribution in [0.3, 0.4) is 0 Å². The van der Waals surface area contributed by atoms with Crippen molar-refractivity contribution >= 4 is 35.4 Å². The maximum absolute atomic E-state index is 11.4. The lowest BCUT2D eigenvalue weighted by Gasteiger charge is -2.36. The van der Waals surface area contributed by atoms with Gasteiger partial charge in [-0.1, -0.05) is 0 Å². The summed E-state index contributed by atoms with van der Waals surface area (Å²) in [5.74, 6) is -0.662. The second-order valence-corrected chi connectivity index (χ2v) is 6.48. The molecule has 0 radical (unpaired) electrons. The molecule has 16 heavy (non-hydrogen) atoms. The Bertz CT molecular complexity index is 395. The highest BCUT2D eigenvalue weighted by molar-refractivity contribution is 8.06. The molecular weight excluding hydrogens is 248 g/mol. The van der Waals surface area contributed by atoms with Gasteiger partial charge in [0.1, 0.15) is 11.4 Å². The number of hydrogen-bond donors (Lipinski definition) is 1. The van der Waals surface area contributed by atoms with Crippen LogP contribution in [0, 0.1) is 10.7 Å². The van der Waals surface area contributed by atoms with E-state index in [4.69, 9.17) is 5.26 Å². The maximum atomic E-state index is 11.4. The zero-order valence-corrected chi connectivity index (χ0v) is 10.2. The van der Waals surface area contributed by atoms with Crippen LogP contribution in [0.4, 0.5) is 0 Å². The number of rotatable bonds is 3. The molecule has 0 aromatic rings. The first-order chi connectivity index (χ1) is 7.49. The van der Waals surface area contributed by atoms with Crippen molar-refractivity contribution in [1.29, 1.82) is 5.26 Å². The predicted molar refractivity (Wildman–Crippen MR) is 60.7 cm³/mol. The minimum atomic E-state index is -0.982. The quantitative estimate of drug-likeness (QED) is 0.593. The number of carbonyl (C=O) groups excluding carboxylic acids is 1. The molecule has 0 saturated carbocycles. The normalized spacial score (nSPS) is 36.5. The number of amides is 1. The van der Waals surface area contributed by atoms with Gasteiger partial charge in [0.05, 0.1) is 16.5 Å². The summed E-state index contributed by atoms with van der Waals surface area (Å²) in [5, 5.41) is 19.7. The average molecular weight is 258 g/mol. The summed E-state index contributed by atoms with van der Waals surface area (Å²) in [6.07, 6.45) is 0.418. The van der Waals surface area contributed by atoms with Crippen molar-refractivity contribution in [3.63, 3.8) is 0 Å². The number of fused-ring (bicyclic) bond motifs is 1. The highest BCUT2D eigenvalue weighted by Gasteiger charge is 2.60. The highest BCUT2D eigenvalue weighted by atomic mass is 32.2. The molecule has 0 unspecified atom stereocenters. The van der Waals surface area contributed by atoms with Crippen LogP contribution in [0.15, 0.2) is 0 Å². The lowest BCUT2D eigenvalue weighted by Crippen LogP contribution is -2.57. The van der Waals surface area contributed by atoms with Crippen molar-refractivity contribution in [2.45, 2.75) is 29.5 Å². The lowest BCUT2D eigenvalue weighted by molar-refractivity contribution is -0.157. The van der Waals surface area contributed by atoms with E-state index in [1.54, 1.807) is 0 Å². The van der Waals surface area contributed by atoms with Crippen LogP contribution < -0.4 is 0 Å². The van der Waals surface area contributed by atoms with Crippen molar-refractivity contribution in [3.05, 3.63) is 0 Å². The Morgan fingerprint density at radius 1 is 1.88 bits per heavy atom. The third-order valence-corrected chi connectivity index (χ3v) is 5.49. The average Bonchev–Trinajstić information content (AvgIpc) is 2.45. The molecular formula is C9H10N2O3S2. The molecule has 0 bridgehead atoms. The van der Waals surface area contributed by atoms with E-state index in [1.165, 1.54) is 16.7 Å². The molecule has 0 aromatic carbocycles. The molecule has 0 spiro atoms. The summed E-state index contributed by atoms with van der Waals surface area (Å²) in [5.41, 5.74) is 0. The van der Waals surface area contributed by atoms with Crippen molar-refractivity contribution in [1.82, 2.24) is 4.90 Å². The number of nitriles is 1. The molecule has 86 valence electrons. The number of carboxylic acid groups (broad SMARTS) is 1. The molecule has 0 aliphatic carbocycles. The van der Waals surface area contributed by atoms with Crippen LogP contribution in [0.25, 0.3) is 0 Å². The Balaban J connectivity index is 2.22. The zero-order chi connectivity index (χ0) is 11.9. The monoisotopic (exact) mass is 258 g/mol. The van der Waals surface area contributed by atoms with Gasteiger partial charge in [-0.3, -0.25) is 4.79 Å². The smallest absolute Gasteiger partial charge is 0.327 e. The molecule has 2 rings (SSSR count). The first-order valence-corrected chi connectivity index (χ1v) is 6.59. The molecule has 3 atom stereocenters. The Kier molecular flexibility index (Phi) is 2.80. The van der Waals surface area contributed by atoms with E-state index >= 15 is 0 Å². The van der Waals surface area contributed by atoms with E-state index in [0.29, 0.717) is 12.2 Å². The van der Waals surface area contributed by atoms with Gasteiger partial charge in [-0.25, -0.2) is 4.79 Å². The molecule has 2 aliphatic rings. The van der Waals surface area contributed by atoms with Crippen LogP contribution in [0.5, 0.6) is 0 Å². The number of carbonyl (C=O) groups is 2. The Hall–Kier alpha value is -0.870. The van der Waals surface area contributed by atoms with Gasteiger partial charge in [0.25, 0.3) is 0 Å². The molecule has 5 nitrogen and oxygen atoms in total. The van der Waals surface area contributed by atoms with Gasteiger partial charge in [0, 0.05) is 5.75 Å². The number of thioether (sulfide) groups is 2. The summed E-state index contributed by atoms with van der Waals surface area (Å²) < 4.78 is -0.566. The standard InChI is InChI=1S/C9H10N2O3S2/c1-9(3-15-4-10)7(8(13)14)11-5(12)2-6(11)16-9/h6-7H,2-3H2,1H3,(H,13,14)/t6-,7-,9-/m0/s1. The third-order valence-electron chi connectivity index (χ3n) is 2.87. The van der Waals surface area contributed by atoms with Crippen molar-refractivity contribution in [3.8, 4) is 5.40 Å². The third kappa shape index (κ3) is 1.57. The molecule has 2 saturated heterocycles. The van der Waals surface area contributed by atoms with E-state index in [9.17, 15) is 14.7 Å². The van der Waals surface area contributed by atoms with E-state index in [0.717, 1.165) is 11.8 Å². The van der Waals surface area contributed by atoms with Gasteiger partial charge >= 0.3 is 5.97 Å². The van der Waals surface area contributed by atoms with Gasteiger partial charge in [-0.15, -0.1) is 11.8 Å². The molecule has 2 aliphatic heterocycles. The largest absolute Gasteiger partial charge is 0.480 e. The fraction of sp³-hybridized carbons (Fsp3) is 0.667. The summed E-state index contributed by atoms with van der Waals surface area (Å²) in [7, 11) is 0. The number of hydrogen-bond acceptors (Lipinski definition) is 5. The molecule has 2 heterocycles. The molecule has 7 heteroatoms. The van der Waals surface area contributed by atoms with Crippen LogP contribution in [-0.4, -0.2) is 43.8 Å². The van der Waals surface area contributed by atoms with Gasteiger partial charge < -0.3 is 10.0 Å². The van der Waals surface area contributed by atoms with E-state index in [-0.39, 0.29) is 11.3 Å². The fourth-order valence-corrected chi connectivity index (χ4v) is 4.65. The number of aliphatic carboxylic acids is 1. The van der Waals surface area contributed by atoms with Crippen molar-refractivity contribution in [2.24, 2.45) is 0 Å². The molecule has 1 N–H and O–H groups in total. The van der Waals surface area contributed by atoms with Crippen molar-refractivity contribution in [2.75, 3.05) is 5.75 Å². The maximum Gasteiger partial charge on any atom is 0.327 e. The molecule has 2 fully saturated rings. The van der Waals surface area contributed by atoms with Gasteiger partial charge in [-0.05, 0) is 18.7 Å². The Morgan fingerprint density at radius 2 is 2.56 bits per heavy atom. The number of β-lactam (4-membered cyclic amide) rings is 1. The van der Waals surface area contributed by atoms with Crippen LogP contribution >= 0.6 is 23.5 Å². The van der Waals surface area contributed by atoms with Gasteiger partial charge in [-0.2, -0.15) is 5.26 Å². The van der Waals surface area contributed by atoms with Crippen LogP contribution in [-0.2, 0) is 9.59 Å². The van der Waals surface area contributed by atoms with Crippen molar-refractivity contribution < 1.29 is 14.7 Å². The van der Waals surface area contributed by atoms with Crippen LogP contribution in [0.1, 0.15) is 13.3 Å². The van der Waals surface area contributed by atoms with Crippen LogP contribution in [0.2, 0.25) is 0 Å². The van der Waals surface area contributed by atoms with Gasteiger partial charge in [0.2, 0.25) is 5.91 Å². The first kappa shape index (κ1) is 11.6. The predicted octanol–water partition coefficient (Wildman–Crippen LogP) is 0.718. The minimum absolute atomic E-state index is 0.0158. The highest BCUT2D eigenvalue weighted by Crippen LogP contribution is 2.51. The van der Waals surface area contributed by atoms with Gasteiger partial charge in [0.15, 0.2) is 0 Å².